The molecule has 332 valence electrons. The number of rotatable bonds is 10. The van der Waals surface area contributed by atoms with Crippen LogP contribution < -0.4 is 4.90 Å². The van der Waals surface area contributed by atoms with Gasteiger partial charge >= 0.3 is 0 Å². The third kappa shape index (κ3) is 8.43. The molecule has 0 bridgehead atoms. The molecule has 11 aromatic rings. The van der Waals surface area contributed by atoms with Gasteiger partial charge < -0.3 is 4.90 Å². The Bertz CT molecular complexity index is 3560. The molecule has 0 amide bonds. The van der Waals surface area contributed by atoms with Gasteiger partial charge in [0, 0.05) is 45.8 Å². The summed E-state index contributed by atoms with van der Waals surface area (Å²) in [7, 11) is 0. The number of fused-ring (bicyclic) bond motifs is 1. The zero-order valence-electron chi connectivity index (χ0n) is 39.4. The Labute approximate surface area is 405 Å². The van der Waals surface area contributed by atoms with E-state index < -0.39 is 0 Å². The molecule has 0 aliphatic carbocycles. The van der Waals surface area contributed by atoms with Crippen LogP contribution in [0, 0.1) is 6.92 Å². The van der Waals surface area contributed by atoms with Crippen molar-refractivity contribution in [2.24, 2.45) is 0 Å². The number of aryl methyl sites for hydroxylation is 1. The predicted molar refractivity (Wildman–Crippen MR) is 290 cm³/mol. The first-order chi connectivity index (χ1) is 33.8. The number of para-hydroxylation sites is 1. The number of nitrogens with zero attached hydrogens (tertiary/aromatic N) is 4. The van der Waals surface area contributed by atoms with Gasteiger partial charge in [-0.05, 0) is 117 Å². The van der Waals surface area contributed by atoms with Gasteiger partial charge in [-0.15, -0.1) is 0 Å². The normalized spacial score (nSPS) is 11.5. The van der Waals surface area contributed by atoms with E-state index in [0.717, 1.165) is 89.7 Å². The number of hydrogen-bond donors (Lipinski definition) is 0. The van der Waals surface area contributed by atoms with Gasteiger partial charge in [0.05, 0.1) is 22.6 Å². The molecule has 0 atom stereocenters. The molecule has 0 saturated carbocycles. The fraction of sp³-hybridized carbons (Fsp3) is 0.0769. The minimum atomic E-state index is -0.178. The van der Waals surface area contributed by atoms with E-state index in [1.165, 1.54) is 22.3 Å². The van der Waals surface area contributed by atoms with Gasteiger partial charge in [0.25, 0.3) is 0 Å². The SMILES string of the molecule is Cc1cnc(-c2cc(N(c3ccc4c(-c5ccccc5)c(-c5ccccc5)n(-c5ccccn5)c4c3)c3ccccc3-c3ccccc3)cc(C(C)(C)C)c2)cc1-c1ccc(-c2ccccc2)cc1. The summed E-state index contributed by atoms with van der Waals surface area (Å²) in [6.45, 7) is 9.03. The van der Waals surface area contributed by atoms with Crippen molar-refractivity contribution in [3.63, 3.8) is 0 Å². The molecule has 0 aliphatic heterocycles. The Kier molecular flexibility index (Phi) is 11.4. The third-order valence-corrected chi connectivity index (χ3v) is 13.2. The van der Waals surface area contributed by atoms with Crippen LogP contribution in [-0.2, 0) is 5.41 Å². The van der Waals surface area contributed by atoms with E-state index in [9.17, 15) is 0 Å². The minimum Gasteiger partial charge on any atom is -0.310 e. The van der Waals surface area contributed by atoms with Gasteiger partial charge in [0.15, 0.2) is 0 Å². The minimum absolute atomic E-state index is 0.178. The second-order valence-electron chi connectivity index (χ2n) is 18.7. The topological polar surface area (TPSA) is 34.0 Å². The van der Waals surface area contributed by atoms with E-state index in [2.05, 4.69) is 262 Å². The van der Waals surface area contributed by atoms with E-state index in [-0.39, 0.29) is 5.41 Å². The molecule has 0 N–H and O–H groups in total. The quantitative estimate of drug-likeness (QED) is 0.137. The first-order valence-electron chi connectivity index (χ1n) is 23.7. The highest BCUT2D eigenvalue weighted by Gasteiger charge is 2.26. The maximum atomic E-state index is 5.16. The molecule has 11 rings (SSSR count). The van der Waals surface area contributed by atoms with Crippen LogP contribution >= 0.6 is 0 Å². The van der Waals surface area contributed by atoms with Crippen molar-refractivity contribution < 1.29 is 0 Å². The second kappa shape index (κ2) is 18.2. The highest BCUT2D eigenvalue weighted by molar-refractivity contribution is 6.07. The van der Waals surface area contributed by atoms with Crippen LogP contribution in [-0.4, -0.2) is 14.5 Å². The molecule has 4 heteroatoms. The van der Waals surface area contributed by atoms with E-state index in [4.69, 9.17) is 9.97 Å². The number of hydrogen-bond acceptors (Lipinski definition) is 3. The Balaban J connectivity index is 1.16. The molecule has 4 nitrogen and oxygen atoms in total. The van der Waals surface area contributed by atoms with Gasteiger partial charge in [-0.1, -0.05) is 197 Å². The first-order valence-corrected chi connectivity index (χ1v) is 23.7. The molecule has 0 spiro atoms. The second-order valence-corrected chi connectivity index (χ2v) is 18.7. The van der Waals surface area contributed by atoms with Gasteiger partial charge in [-0.3, -0.25) is 9.55 Å². The molecule has 69 heavy (non-hydrogen) atoms. The lowest BCUT2D eigenvalue weighted by Crippen LogP contribution is -2.15. The predicted octanol–water partition coefficient (Wildman–Crippen LogP) is 17.5. The Morgan fingerprint density at radius 1 is 0.435 bits per heavy atom. The largest absolute Gasteiger partial charge is 0.310 e. The highest BCUT2D eigenvalue weighted by Crippen LogP contribution is 2.48. The lowest BCUT2D eigenvalue weighted by Gasteiger charge is -2.30. The monoisotopic (exact) mass is 888 g/mol. The van der Waals surface area contributed by atoms with Crippen LogP contribution in [0.4, 0.5) is 17.1 Å². The summed E-state index contributed by atoms with van der Waals surface area (Å²) < 4.78 is 2.35. The van der Waals surface area contributed by atoms with Crippen LogP contribution in [0.5, 0.6) is 0 Å². The van der Waals surface area contributed by atoms with Crippen molar-refractivity contribution >= 4 is 28.0 Å². The van der Waals surface area contributed by atoms with Crippen molar-refractivity contribution in [2.75, 3.05) is 4.90 Å². The maximum absolute atomic E-state index is 5.16. The molecular formula is C65H52N4. The highest BCUT2D eigenvalue weighted by atomic mass is 15.2. The number of aromatic nitrogens is 3. The molecule has 0 fully saturated rings. The standard InChI is InChI=1S/C65H52N4/c1-45-44-67-59(43-58(45)49-34-32-47(33-35-49)46-21-9-5-10-22-46)52-39-53(65(2,3)4)41-55(40-52)68(60-30-18-17-29-56(60)48-23-11-6-12-24-48)54-36-37-57-61(42-54)69(62-31-19-20-38-66-62)64(51-27-15-8-16-28-51)63(57)50-25-13-7-14-26-50/h5-44H,1-4H3. The Morgan fingerprint density at radius 2 is 1.01 bits per heavy atom. The van der Waals surface area contributed by atoms with Crippen molar-refractivity contribution in [1.29, 1.82) is 0 Å². The molecule has 0 radical (unpaired) electrons. The lowest BCUT2D eigenvalue weighted by atomic mass is 9.85. The Hall–Kier alpha value is -8.60. The van der Waals surface area contributed by atoms with Crippen LogP contribution in [0.2, 0.25) is 0 Å². The average molecular weight is 889 g/mol. The van der Waals surface area contributed by atoms with Crippen LogP contribution in [0.15, 0.2) is 243 Å². The van der Waals surface area contributed by atoms with Crippen molar-refractivity contribution in [2.45, 2.75) is 33.1 Å². The number of anilines is 3. The smallest absolute Gasteiger partial charge is 0.137 e. The zero-order chi connectivity index (χ0) is 46.9. The molecule has 8 aromatic carbocycles. The molecule has 0 aliphatic rings. The van der Waals surface area contributed by atoms with Crippen LogP contribution in [0.25, 0.3) is 83.7 Å². The van der Waals surface area contributed by atoms with E-state index in [1.807, 2.05) is 18.5 Å². The number of pyridine rings is 2. The van der Waals surface area contributed by atoms with E-state index in [0.29, 0.717) is 0 Å². The summed E-state index contributed by atoms with van der Waals surface area (Å²) in [6.07, 6.45) is 3.91. The van der Waals surface area contributed by atoms with Gasteiger partial charge in [-0.2, -0.15) is 0 Å². The first kappa shape index (κ1) is 43.0. The molecule has 0 unspecified atom stereocenters. The molecule has 3 aromatic heterocycles. The summed E-state index contributed by atoms with van der Waals surface area (Å²) in [4.78, 5) is 12.6. The van der Waals surface area contributed by atoms with Crippen molar-refractivity contribution in [1.82, 2.24) is 14.5 Å². The fourth-order valence-corrected chi connectivity index (χ4v) is 9.65. The fourth-order valence-electron chi connectivity index (χ4n) is 9.65. The Morgan fingerprint density at radius 3 is 1.68 bits per heavy atom. The van der Waals surface area contributed by atoms with Crippen LogP contribution in [0.1, 0.15) is 31.9 Å². The van der Waals surface area contributed by atoms with Crippen molar-refractivity contribution in [3.05, 3.63) is 254 Å². The van der Waals surface area contributed by atoms with Gasteiger partial charge in [0.2, 0.25) is 0 Å². The molecular weight excluding hydrogens is 837 g/mol. The third-order valence-electron chi connectivity index (χ3n) is 13.2. The number of benzene rings is 8. The lowest BCUT2D eigenvalue weighted by molar-refractivity contribution is 0.590. The van der Waals surface area contributed by atoms with Gasteiger partial charge in [-0.25, -0.2) is 4.98 Å². The van der Waals surface area contributed by atoms with E-state index >= 15 is 0 Å². The summed E-state index contributed by atoms with van der Waals surface area (Å²) in [5.41, 5.74) is 19.9. The van der Waals surface area contributed by atoms with Crippen molar-refractivity contribution in [3.8, 4) is 72.8 Å². The zero-order valence-corrected chi connectivity index (χ0v) is 39.4. The summed E-state index contributed by atoms with van der Waals surface area (Å²) in [5, 5.41) is 1.14. The summed E-state index contributed by atoms with van der Waals surface area (Å²) in [5.74, 6) is 0.852. The van der Waals surface area contributed by atoms with Crippen LogP contribution in [0.3, 0.4) is 0 Å². The van der Waals surface area contributed by atoms with E-state index in [1.54, 1.807) is 0 Å². The average Bonchev–Trinajstić information content (AvgIpc) is 3.75. The summed E-state index contributed by atoms with van der Waals surface area (Å²) >= 11 is 0. The summed E-state index contributed by atoms with van der Waals surface area (Å²) in [6, 6.07) is 82.8. The van der Waals surface area contributed by atoms with Gasteiger partial charge in [0.1, 0.15) is 5.82 Å². The maximum Gasteiger partial charge on any atom is 0.137 e. The molecule has 3 heterocycles. The molecule has 0 saturated heterocycles.